The van der Waals surface area contributed by atoms with Crippen LogP contribution in [0.2, 0.25) is 0 Å². The highest BCUT2D eigenvalue weighted by Gasteiger charge is 2.12. The van der Waals surface area contributed by atoms with Gasteiger partial charge in [0, 0.05) is 24.6 Å². The molecule has 3 aromatic carbocycles. The number of carbonyl (C=O) groups is 4. The molecule has 0 N–H and O–H groups in total. The number of hydrogen-bond donors (Lipinski definition) is 0. The molecule has 48 heavy (non-hydrogen) atoms. The maximum atomic E-state index is 12.6. The average Bonchev–Trinajstić information content (AvgIpc) is 3.10. The van der Waals surface area contributed by atoms with E-state index in [1.807, 2.05) is 24.3 Å². The maximum Gasteiger partial charge on any atom is 0.343 e. The summed E-state index contributed by atoms with van der Waals surface area (Å²) in [7, 11) is 0. The van der Waals surface area contributed by atoms with Crippen molar-refractivity contribution in [2.75, 3.05) is 26.4 Å². The first kappa shape index (κ1) is 36.8. The number of unbranched alkanes of at least 4 members (excludes halogenated alkanes) is 3. The van der Waals surface area contributed by atoms with E-state index in [0.29, 0.717) is 54.6 Å². The highest BCUT2D eigenvalue weighted by atomic mass is 16.5. The Morgan fingerprint density at radius 3 is 1.75 bits per heavy atom. The van der Waals surface area contributed by atoms with E-state index >= 15 is 0 Å². The van der Waals surface area contributed by atoms with E-state index in [2.05, 4.69) is 13.2 Å². The van der Waals surface area contributed by atoms with Crippen molar-refractivity contribution >= 4 is 30.0 Å². The summed E-state index contributed by atoms with van der Waals surface area (Å²) in [4.78, 5) is 47.1. The minimum Gasteiger partial charge on any atom is -0.494 e. The zero-order valence-electron chi connectivity index (χ0n) is 27.0. The minimum absolute atomic E-state index is 0.220. The first-order valence-electron chi connectivity index (χ1n) is 15.5. The Balaban J connectivity index is 1.37. The Morgan fingerprint density at radius 2 is 1.15 bits per heavy atom. The van der Waals surface area contributed by atoms with E-state index in [1.165, 1.54) is 6.08 Å². The summed E-state index contributed by atoms with van der Waals surface area (Å²) in [6.45, 7) is 9.97. The molecule has 0 amide bonds. The molecule has 0 radical (unpaired) electrons. The molecule has 3 rings (SSSR count). The van der Waals surface area contributed by atoms with Crippen LogP contribution in [-0.2, 0) is 23.9 Å². The second kappa shape index (κ2) is 20.5. The molecule has 252 valence electrons. The van der Waals surface area contributed by atoms with E-state index in [-0.39, 0.29) is 6.61 Å². The number of rotatable bonds is 20. The Kier molecular flexibility index (Phi) is 15.7. The molecule has 0 spiro atoms. The summed E-state index contributed by atoms with van der Waals surface area (Å²) in [5.41, 5.74) is 1.75. The van der Waals surface area contributed by atoms with Gasteiger partial charge >= 0.3 is 23.9 Å². The van der Waals surface area contributed by atoms with Gasteiger partial charge in [-0.3, -0.25) is 0 Å². The summed E-state index contributed by atoms with van der Waals surface area (Å²) < 4.78 is 32.1. The first-order valence-corrected chi connectivity index (χ1v) is 15.5. The van der Waals surface area contributed by atoms with Crippen LogP contribution >= 0.6 is 0 Å². The van der Waals surface area contributed by atoms with E-state index in [0.717, 1.165) is 49.1 Å². The number of carbonyl (C=O) groups excluding carboxylic acids is 4. The van der Waals surface area contributed by atoms with Crippen molar-refractivity contribution in [3.05, 3.63) is 115 Å². The van der Waals surface area contributed by atoms with Gasteiger partial charge in [-0.25, -0.2) is 19.2 Å². The van der Waals surface area contributed by atoms with Crippen LogP contribution in [0.4, 0.5) is 0 Å². The number of benzene rings is 3. The third-order valence-electron chi connectivity index (χ3n) is 6.64. The quantitative estimate of drug-likeness (QED) is 0.0544. The predicted octanol–water partition coefficient (Wildman–Crippen LogP) is 7.00. The number of hydrogen-bond acceptors (Lipinski definition) is 10. The molecule has 0 saturated heterocycles. The van der Waals surface area contributed by atoms with Gasteiger partial charge in [-0.15, -0.1) is 0 Å². The van der Waals surface area contributed by atoms with Crippen LogP contribution in [0.15, 0.2) is 98.1 Å². The third kappa shape index (κ3) is 13.8. The monoisotopic (exact) mass is 656 g/mol. The highest BCUT2D eigenvalue weighted by Crippen LogP contribution is 2.25. The van der Waals surface area contributed by atoms with Crippen LogP contribution in [-0.4, -0.2) is 50.3 Å². The Bertz CT molecular complexity index is 1560. The normalized spacial score (nSPS) is 10.5. The Hall–Kier alpha value is -5.64. The summed E-state index contributed by atoms with van der Waals surface area (Å²) in [5, 5.41) is 0. The number of aryl methyl sites for hydroxylation is 1. The molecule has 0 atom stereocenters. The lowest BCUT2D eigenvalue weighted by atomic mass is 10.2. The Morgan fingerprint density at radius 1 is 0.604 bits per heavy atom. The van der Waals surface area contributed by atoms with Gasteiger partial charge < -0.3 is 28.4 Å². The van der Waals surface area contributed by atoms with Crippen LogP contribution in [0.1, 0.15) is 53.6 Å². The molecule has 0 fully saturated rings. The molecule has 0 unspecified atom stereocenters. The summed E-state index contributed by atoms with van der Waals surface area (Å²) in [5.74, 6) is -0.0544. The SMILES string of the molecule is C=CC(=O)OCCCCCCOc1ccc(/C=C/C(=O)Oc2ccc(OC(=O)c3ccc(OCCCOC(=O)C=C)cc3)cc2C)cc1. The van der Waals surface area contributed by atoms with Crippen molar-refractivity contribution in [1.29, 1.82) is 0 Å². The first-order chi connectivity index (χ1) is 23.3. The largest absolute Gasteiger partial charge is 0.494 e. The molecule has 0 saturated carbocycles. The fourth-order valence-corrected chi connectivity index (χ4v) is 4.09. The van der Waals surface area contributed by atoms with Crippen LogP contribution < -0.4 is 18.9 Å². The van der Waals surface area contributed by atoms with Gasteiger partial charge in [-0.1, -0.05) is 25.3 Å². The van der Waals surface area contributed by atoms with Gasteiger partial charge in [0.15, 0.2) is 0 Å². The topological polar surface area (TPSA) is 124 Å². The predicted molar refractivity (Wildman–Crippen MR) is 180 cm³/mol. The third-order valence-corrected chi connectivity index (χ3v) is 6.64. The lowest BCUT2D eigenvalue weighted by Crippen LogP contribution is -2.09. The molecule has 0 aromatic heterocycles. The molecule has 0 bridgehead atoms. The van der Waals surface area contributed by atoms with Crippen molar-refractivity contribution in [2.24, 2.45) is 0 Å². The van der Waals surface area contributed by atoms with Crippen molar-refractivity contribution < 1.29 is 47.6 Å². The average molecular weight is 657 g/mol. The standard InChI is InChI=1S/C38H40O10/c1-4-35(39)45-24-9-7-6-8-23-43-31-16-11-29(12-17-31)13-22-37(41)48-34-21-20-33(27-28(34)3)47-38(42)30-14-18-32(19-15-30)44-25-10-26-46-36(40)5-2/h4-5,11-22,27H,1-2,6-10,23-26H2,3H3/b22-13+. The lowest BCUT2D eigenvalue weighted by Gasteiger charge is -2.10. The van der Waals surface area contributed by atoms with E-state index in [1.54, 1.807) is 55.5 Å². The Labute approximate surface area is 280 Å². The summed E-state index contributed by atoms with van der Waals surface area (Å²) in [6.07, 6.45) is 9.35. The molecule has 10 heteroatoms. The molecule has 0 aliphatic carbocycles. The fraction of sp³-hybridized carbons (Fsp3) is 0.263. The molecule has 0 aliphatic heterocycles. The van der Waals surface area contributed by atoms with E-state index in [9.17, 15) is 19.2 Å². The van der Waals surface area contributed by atoms with Gasteiger partial charge in [0.05, 0.1) is 32.0 Å². The highest BCUT2D eigenvalue weighted by molar-refractivity contribution is 5.91. The second-order valence-electron chi connectivity index (χ2n) is 10.4. The molecule has 0 heterocycles. The fourth-order valence-electron chi connectivity index (χ4n) is 4.09. The number of ether oxygens (including phenoxy) is 6. The summed E-state index contributed by atoms with van der Waals surface area (Å²) in [6, 6.07) is 18.6. The summed E-state index contributed by atoms with van der Waals surface area (Å²) >= 11 is 0. The van der Waals surface area contributed by atoms with Gasteiger partial charge in [0.2, 0.25) is 0 Å². The van der Waals surface area contributed by atoms with Crippen molar-refractivity contribution in [2.45, 2.75) is 39.0 Å². The maximum absolute atomic E-state index is 12.6. The van der Waals surface area contributed by atoms with Crippen LogP contribution in [0.3, 0.4) is 0 Å². The zero-order chi connectivity index (χ0) is 34.6. The van der Waals surface area contributed by atoms with Gasteiger partial charge in [0.1, 0.15) is 23.0 Å². The molecule has 10 nitrogen and oxygen atoms in total. The van der Waals surface area contributed by atoms with Gasteiger partial charge in [-0.2, -0.15) is 0 Å². The van der Waals surface area contributed by atoms with Crippen LogP contribution in [0.25, 0.3) is 6.08 Å². The number of esters is 4. The van der Waals surface area contributed by atoms with Gasteiger partial charge in [-0.05, 0) is 104 Å². The van der Waals surface area contributed by atoms with Gasteiger partial charge in [0.25, 0.3) is 0 Å². The van der Waals surface area contributed by atoms with Crippen molar-refractivity contribution in [3.63, 3.8) is 0 Å². The lowest BCUT2D eigenvalue weighted by molar-refractivity contribution is -0.138. The zero-order valence-corrected chi connectivity index (χ0v) is 27.0. The minimum atomic E-state index is -0.554. The second-order valence-corrected chi connectivity index (χ2v) is 10.4. The van der Waals surface area contributed by atoms with E-state index in [4.69, 9.17) is 28.4 Å². The smallest absolute Gasteiger partial charge is 0.343 e. The van der Waals surface area contributed by atoms with Crippen LogP contribution in [0.5, 0.6) is 23.0 Å². The van der Waals surface area contributed by atoms with E-state index < -0.39 is 23.9 Å². The van der Waals surface area contributed by atoms with Crippen LogP contribution in [0, 0.1) is 6.92 Å². The van der Waals surface area contributed by atoms with Crippen molar-refractivity contribution in [3.8, 4) is 23.0 Å². The molecule has 0 aliphatic rings. The molecule has 3 aromatic rings. The molecular formula is C38H40O10. The van der Waals surface area contributed by atoms with Crippen molar-refractivity contribution in [1.82, 2.24) is 0 Å². The molecular weight excluding hydrogens is 616 g/mol.